The van der Waals surface area contributed by atoms with E-state index in [0.29, 0.717) is 25.3 Å². The first-order valence-electron chi connectivity index (χ1n) is 10.1. The fraction of sp³-hybridized carbons (Fsp3) is 0.217. The van der Waals surface area contributed by atoms with E-state index in [2.05, 4.69) is 20.4 Å². The maximum atomic E-state index is 14.0. The fourth-order valence-corrected chi connectivity index (χ4v) is 4.05. The van der Waals surface area contributed by atoms with E-state index in [9.17, 15) is 9.18 Å². The van der Waals surface area contributed by atoms with Crippen LogP contribution in [0.2, 0.25) is 0 Å². The highest BCUT2D eigenvalue weighted by Crippen LogP contribution is 2.31. The molecule has 7 nitrogen and oxygen atoms in total. The maximum Gasteiger partial charge on any atom is 0.254 e. The van der Waals surface area contributed by atoms with Crippen LogP contribution < -0.4 is 5.32 Å². The van der Waals surface area contributed by atoms with Gasteiger partial charge in [-0.2, -0.15) is 14.6 Å². The summed E-state index contributed by atoms with van der Waals surface area (Å²) in [5.41, 5.74) is 3.53. The number of benzene rings is 2. The number of amides is 1. The van der Waals surface area contributed by atoms with Crippen molar-refractivity contribution in [3.8, 4) is 11.3 Å². The van der Waals surface area contributed by atoms with Crippen molar-refractivity contribution in [3.63, 3.8) is 0 Å². The van der Waals surface area contributed by atoms with Gasteiger partial charge in [-0.15, -0.1) is 0 Å². The van der Waals surface area contributed by atoms with Gasteiger partial charge in [0, 0.05) is 31.6 Å². The summed E-state index contributed by atoms with van der Waals surface area (Å²) in [5.74, 6) is 0.890. The van der Waals surface area contributed by atoms with Crippen molar-refractivity contribution in [2.45, 2.75) is 25.9 Å². The molecule has 1 aliphatic heterocycles. The Balaban J connectivity index is 1.56. The topological polar surface area (TPSA) is 75.4 Å². The van der Waals surface area contributed by atoms with Gasteiger partial charge in [-0.05, 0) is 29.7 Å². The Morgan fingerprint density at radius 2 is 2.00 bits per heavy atom. The average Bonchev–Trinajstić information content (AvgIpc) is 3.18. The van der Waals surface area contributed by atoms with E-state index >= 15 is 0 Å². The first-order chi connectivity index (χ1) is 15.1. The summed E-state index contributed by atoms with van der Waals surface area (Å²) in [6.07, 6.45) is 2.15. The molecule has 0 bridgehead atoms. The van der Waals surface area contributed by atoms with Gasteiger partial charge in [0.2, 0.25) is 5.91 Å². The SMILES string of the molecule is CC(=O)N1CCC(Nc2cc(-c3ccccc3)nc3ncnn23)c2ccc(F)cc2C1. The molecule has 0 aliphatic carbocycles. The summed E-state index contributed by atoms with van der Waals surface area (Å²) in [6, 6.07) is 16.5. The molecule has 1 amide bonds. The summed E-state index contributed by atoms with van der Waals surface area (Å²) in [7, 11) is 0. The number of nitrogens with one attached hydrogen (secondary N) is 1. The van der Waals surface area contributed by atoms with Crippen molar-refractivity contribution < 1.29 is 9.18 Å². The van der Waals surface area contributed by atoms with E-state index in [1.54, 1.807) is 22.4 Å². The summed E-state index contributed by atoms with van der Waals surface area (Å²) >= 11 is 0. The molecule has 0 saturated heterocycles. The lowest BCUT2D eigenvalue weighted by molar-refractivity contribution is -0.129. The molecule has 5 rings (SSSR count). The minimum atomic E-state index is -0.308. The monoisotopic (exact) mass is 416 g/mol. The van der Waals surface area contributed by atoms with E-state index in [1.165, 1.54) is 18.5 Å². The average molecular weight is 416 g/mol. The summed E-state index contributed by atoms with van der Waals surface area (Å²) < 4.78 is 15.6. The molecule has 1 aliphatic rings. The van der Waals surface area contributed by atoms with Gasteiger partial charge in [0.1, 0.15) is 18.0 Å². The van der Waals surface area contributed by atoms with Crippen molar-refractivity contribution >= 4 is 17.5 Å². The fourth-order valence-electron chi connectivity index (χ4n) is 4.05. The second-order valence-electron chi connectivity index (χ2n) is 7.63. The molecule has 0 fully saturated rings. The molecule has 0 radical (unpaired) electrons. The number of hydrogen-bond donors (Lipinski definition) is 1. The summed E-state index contributed by atoms with van der Waals surface area (Å²) in [4.78, 5) is 22.7. The van der Waals surface area contributed by atoms with Crippen LogP contribution in [0.5, 0.6) is 0 Å². The lowest BCUT2D eigenvalue weighted by Gasteiger charge is -2.21. The van der Waals surface area contributed by atoms with E-state index < -0.39 is 0 Å². The number of fused-ring (bicyclic) bond motifs is 2. The van der Waals surface area contributed by atoms with Crippen molar-refractivity contribution in [2.75, 3.05) is 11.9 Å². The van der Waals surface area contributed by atoms with Gasteiger partial charge in [0.25, 0.3) is 5.78 Å². The zero-order valence-corrected chi connectivity index (χ0v) is 17.0. The second-order valence-corrected chi connectivity index (χ2v) is 7.63. The molecule has 31 heavy (non-hydrogen) atoms. The molecule has 1 N–H and O–H groups in total. The van der Waals surface area contributed by atoms with Crippen molar-refractivity contribution in [1.29, 1.82) is 0 Å². The molecule has 0 spiro atoms. The Labute approximate surface area is 178 Å². The third kappa shape index (κ3) is 3.72. The summed E-state index contributed by atoms with van der Waals surface area (Å²) in [5, 5.41) is 7.87. The number of hydrogen-bond acceptors (Lipinski definition) is 5. The van der Waals surface area contributed by atoms with E-state index in [1.807, 2.05) is 36.4 Å². The maximum absolute atomic E-state index is 14.0. The van der Waals surface area contributed by atoms with E-state index in [0.717, 1.165) is 28.2 Å². The van der Waals surface area contributed by atoms with Gasteiger partial charge in [0.15, 0.2) is 0 Å². The van der Waals surface area contributed by atoms with Crippen LogP contribution in [-0.2, 0) is 11.3 Å². The van der Waals surface area contributed by atoms with Gasteiger partial charge in [-0.1, -0.05) is 36.4 Å². The zero-order valence-electron chi connectivity index (χ0n) is 17.0. The van der Waals surface area contributed by atoms with Crippen LogP contribution in [0.1, 0.15) is 30.5 Å². The Morgan fingerprint density at radius 3 is 2.81 bits per heavy atom. The Hall–Kier alpha value is -3.81. The predicted octanol–water partition coefficient (Wildman–Crippen LogP) is 3.84. The molecule has 4 aromatic rings. The zero-order chi connectivity index (χ0) is 21.4. The number of nitrogens with zero attached hydrogens (tertiary/aromatic N) is 5. The molecular weight excluding hydrogens is 395 g/mol. The van der Waals surface area contributed by atoms with Crippen LogP contribution in [-0.4, -0.2) is 36.9 Å². The number of carbonyl (C=O) groups excluding carboxylic acids is 1. The van der Waals surface area contributed by atoms with Gasteiger partial charge in [0.05, 0.1) is 11.7 Å². The standard InChI is InChI=1S/C23H21FN6O/c1-15(31)29-10-9-20(19-8-7-18(24)11-17(19)13-29)27-22-12-21(16-5-3-2-4-6-16)28-23-25-14-26-30(22)23/h2-8,11-12,14,20,27H,9-10,13H2,1H3. The largest absolute Gasteiger partial charge is 0.363 e. The molecule has 0 saturated carbocycles. The van der Waals surface area contributed by atoms with Crippen molar-refractivity contribution in [1.82, 2.24) is 24.5 Å². The number of halogens is 1. The second kappa shape index (κ2) is 7.79. The van der Waals surface area contributed by atoms with Gasteiger partial charge in [-0.3, -0.25) is 4.79 Å². The van der Waals surface area contributed by atoms with Crippen LogP contribution in [0.3, 0.4) is 0 Å². The quantitative estimate of drug-likeness (QED) is 0.549. The first kappa shape index (κ1) is 19.2. The van der Waals surface area contributed by atoms with Crippen molar-refractivity contribution in [2.24, 2.45) is 0 Å². The highest BCUT2D eigenvalue weighted by Gasteiger charge is 2.25. The normalized spacial score (nSPS) is 16.1. The van der Waals surface area contributed by atoms with Crippen LogP contribution in [0.25, 0.3) is 17.0 Å². The van der Waals surface area contributed by atoms with Gasteiger partial charge in [-0.25, -0.2) is 9.37 Å². The number of aromatic nitrogens is 4. The van der Waals surface area contributed by atoms with Crippen LogP contribution in [0.4, 0.5) is 10.2 Å². The third-order valence-electron chi connectivity index (χ3n) is 5.62. The Bertz CT molecular complexity index is 1260. The van der Waals surface area contributed by atoms with Gasteiger partial charge >= 0.3 is 0 Å². The minimum Gasteiger partial charge on any atom is -0.363 e. The molecule has 2 aromatic carbocycles. The van der Waals surface area contributed by atoms with Crippen LogP contribution >= 0.6 is 0 Å². The highest BCUT2D eigenvalue weighted by molar-refractivity contribution is 5.73. The molecule has 156 valence electrons. The number of anilines is 1. The number of rotatable bonds is 3. The van der Waals surface area contributed by atoms with E-state index in [-0.39, 0.29) is 17.8 Å². The Morgan fingerprint density at radius 1 is 1.16 bits per heavy atom. The molecule has 2 aromatic heterocycles. The number of carbonyl (C=O) groups is 1. The highest BCUT2D eigenvalue weighted by atomic mass is 19.1. The molecule has 3 heterocycles. The predicted molar refractivity (Wildman–Crippen MR) is 115 cm³/mol. The minimum absolute atomic E-state index is 0.0233. The molecular formula is C23H21FN6O. The summed E-state index contributed by atoms with van der Waals surface area (Å²) in [6.45, 7) is 2.51. The lowest BCUT2D eigenvalue weighted by Crippen LogP contribution is -2.28. The van der Waals surface area contributed by atoms with Crippen LogP contribution in [0.15, 0.2) is 60.9 Å². The third-order valence-corrected chi connectivity index (χ3v) is 5.62. The van der Waals surface area contributed by atoms with Crippen LogP contribution in [0, 0.1) is 5.82 Å². The van der Waals surface area contributed by atoms with E-state index in [4.69, 9.17) is 0 Å². The molecule has 1 atom stereocenters. The lowest BCUT2D eigenvalue weighted by atomic mass is 9.99. The van der Waals surface area contributed by atoms with Gasteiger partial charge < -0.3 is 10.2 Å². The molecule has 8 heteroatoms. The Kier molecular flexibility index (Phi) is 4.82. The first-order valence-corrected chi connectivity index (χ1v) is 10.1. The van der Waals surface area contributed by atoms with Crippen molar-refractivity contribution in [3.05, 3.63) is 77.9 Å². The smallest absolute Gasteiger partial charge is 0.254 e. The molecule has 1 unspecified atom stereocenters.